The number of unbranched alkanes of at least 4 members (excludes halogenated alkanes) is 34. The molecular formula is C45H92. The van der Waals surface area contributed by atoms with E-state index in [1.54, 1.807) is 0 Å². The van der Waals surface area contributed by atoms with Gasteiger partial charge in [0.15, 0.2) is 0 Å². The zero-order chi connectivity index (χ0) is 32.7. The molecule has 0 nitrogen and oxygen atoms in total. The van der Waals surface area contributed by atoms with Gasteiger partial charge in [0, 0.05) is 0 Å². The molecule has 0 aromatic heterocycles. The highest BCUT2D eigenvalue weighted by Crippen LogP contribution is 2.23. The lowest BCUT2D eigenvalue weighted by atomic mass is 9.89. The molecule has 0 unspecified atom stereocenters. The Bertz CT molecular complexity index is 494. The van der Waals surface area contributed by atoms with E-state index in [0.717, 1.165) is 11.8 Å². The number of rotatable bonds is 40. The molecule has 45 heavy (non-hydrogen) atoms. The molecule has 0 bridgehead atoms. The van der Waals surface area contributed by atoms with Crippen LogP contribution in [0.2, 0.25) is 0 Å². The van der Waals surface area contributed by atoms with Gasteiger partial charge in [-0.15, -0.1) is 0 Å². The van der Waals surface area contributed by atoms with Crippen molar-refractivity contribution in [1.29, 1.82) is 0 Å². The van der Waals surface area contributed by atoms with E-state index < -0.39 is 0 Å². The lowest BCUT2D eigenvalue weighted by molar-refractivity contribution is 0.356. The van der Waals surface area contributed by atoms with Crippen molar-refractivity contribution in [3.05, 3.63) is 0 Å². The first kappa shape index (κ1) is 45.0. The fraction of sp³-hybridized carbons (Fsp3) is 1.00. The fourth-order valence-corrected chi connectivity index (χ4v) is 7.71. The summed E-state index contributed by atoms with van der Waals surface area (Å²) in [5.74, 6) is 1.88. The Morgan fingerprint density at radius 2 is 0.378 bits per heavy atom. The Labute approximate surface area is 289 Å². The smallest absolute Gasteiger partial charge is 0.0440 e. The second-order valence-electron chi connectivity index (χ2n) is 16.0. The second kappa shape index (κ2) is 40.2. The molecule has 0 aromatic carbocycles. The minimum absolute atomic E-state index is 0.942. The van der Waals surface area contributed by atoms with Gasteiger partial charge in [0.05, 0.1) is 0 Å². The summed E-state index contributed by atoms with van der Waals surface area (Å²) in [5.41, 5.74) is 0. The minimum Gasteiger partial charge on any atom is -0.0654 e. The van der Waals surface area contributed by atoms with Gasteiger partial charge < -0.3 is 0 Å². The van der Waals surface area contributed by atoms with Crippen LogP contribution in [0.15, 0.2) is 0 Å². The Balaban J connectivity index is 3.22. The molecule has 0 aliphatic heterocycles. The van der Waals surface area contributed by atoms with E-state index in [1.807, 2.05) is 0 Å². The molecule has 0 amide bonds. The molecule has 0 spiro atoms. The van der Waals surface area contributed by atoms with Crippen LogP contribution in [0.4, 0.5) is 0 Å². The molecule has 0 aromatic rings. The van der Waals surface area contributed by atoms with Gasteiger partial charge in [-0.2, -0.15) is 0 Å². The summed E-state index contributed by atoms with van der Waals surface area (Å²) in [5, 5.41) is 0. The van der Waals surface area contributed by atoms with Crippen molar-refractivity contribution in [1.82, 2.24) is 0 Å². The molecule has 0 N–H and O–H groups in total. The SMILES string of the molecule is CCCCCCCCCCCCCCCCCCCCCCCCCC[C@H](C)C[C@H](C)CCCCCCCCCCCCCC. The minimum atomic E-state index is 0.942. The largest absolute Gasteiger partial charge is 0.0654 e. The number of hydrogen-bond acceptors (Lipinski definition) is 0. The second-order valence-corrected chi connectivity index (χ2v) is 16.0. The van der Waals surface area contributed by atoms with Gasteiger partial charge in [-0.25, -0.2) is 0 Å². The summed E-state index contributed by atoms with van der Waals surface area (Å²) in [6, 6.07) is 0. The lowest BCUT2D eigenvalue weighted by Crippen LogP contribution is -2.03. The zero-order valence-electron chi connectivity index (χ0n) is 32.7. The molecule has 0 saturated heterocycles. The maximum Gasteiger partial charge on any atom is -0.0440 e. The summed E-state index contributed by atoms with van der Waals surface area (Å²) in [6.45, 7) is 9.67. The van der Waals surface area contributed by atoms with Crippen molar-refractivity contribution < 1.29 is 0 Å². The fourth-order valence-electron chi connectivity index (χ4n) is 7.71. The van der Waals surface area contributed by atoms with Crippen LogP contribution >= 0.6 is 0 Å². The van der Waals surface area contributed by atoms with Gasteiger partial charge in [-0.1, -0.05) is 272 Å². The van der Waals surface area contributed by atoms with Crippen LogP contribution < -0.4 is 0 Å². The van der Waals surface area contributed by atoms with E-state index in [1.165, 1.54) is 250 Å². The summed E-state index contributed by atoms with van der Waals surface area (Å²) in [7, 11) is 0. The highest BCUT2D eigenvalue weighted by atomic mass is 14.1. The Morgan fingerprint density at radius 1 is 0.222 bits per heavy atom. The van der Waals surface area contributed by atoms with E-state index in [9.17, 15) is 0 Å². The highest BCUT2D eigenvalue weighted by Gasteiger charge is 2.09. The monoisotopic (exact) mass is 633 g/mol. The van der Waals surface area contributed by atoms with Crippen molar-refractivity contribution in [3.63, 3.8) is 0 Å². The van der Waals surface area contributed by atoms with Gasteiger partial charge in [0.25, 0.3) is 0 Å². The van der Waals surface area contributed by atoms with Gasteiger partial charge in [-0.05, 0) is 18.3 Å². The molecule has 0 heterocycles. The quantitative estimate of drug-likeness (QED) is 0.0590. The van der Waals surface area contributed by atoms with E-state index in [4.69, 9.17) is 0 Å². The van der Waals surface area contributed by atoms with Crippen LogP contribution in [-0.2, 0) is 0 Å². The molecule has 272 valence electrons. The molecule has 0 radical (unpaired) electrons. The maximum atomic E-state index is 2.53. The molecule has 0 heteroatoms. The van der Waals surface area contributed by atoms with Crippen LogP contribution in [-0.4, -0.2) is 0 Å². The molecule has 0 aliphatic rings. The predicted octanol–water partition coefficient (Wildman–Crippen LogP) is 17.5. The van der Waals surface area contributed by atoms with Gasteiger partial charge in [-0.3, -0.25) is 0 Å². The maximum absolute atomic E-state index is 2.53. The lowest BCUT2D eigenvalue weighted by Gasteiger charge is -2.17. The Kier molecular flexibility index (Phi) is 40.2. The number of hydrogen-bond donors (Lipinski definition) is 0. The summed E-state index contributed by atoms with van der Waals surface area (Å²) < 4.78 is 0. The standard InChI is InChI=1S/C45H92/c1-5-7-9-11-13-15-17-19-20-21-22-23-24-25-26-27-28-29-30-32-34-36-38-40-42-45(4)43-44(3)41-39-37-35-33-31-18-16-14-12-10-8-6-2/h44-45H,5-43H2,1-4H3/t44-,45+/m1/s1. The van der Waals surface area contributed by atoms with Gasteiger partial charge in [0.1, 0.15) is 0 Å². The summed E-state index contributed by atoms with van der Waals surface area (Å²) >= 11 is 0. The van der Waals surface area contributed by atoms with Gasteiger partial charge >= 0.3 is 0 Å². The van der Waals surface area contributed by atoms with Gasteiger partial charge in [0.2, 0.25) is 0 Å². The third kappa shape index (κ3) is 40.1. The van der Waals surface area contributed by atoms with Crippen LogP contribution in [0.5, 0.6) is 0 Å². The first-order valence-corrected chi connectivity index (χ1v) is 22.2. The van der Waals surface area contributed by atoms with E-state index in [-0.39, 0.29) is 0 Å². The average Bonchev–Trinajstić information content (AvgIpc) is 3.03. The molecule has 0 saturated carbocycles. The molecule has 0 aliphatic carbocycles. The normalized spacial score (nSPS) is 13.1. The van der Waals surface area contributed by atoms with Crippen LogP contribution in [0, 0.1) is 11.8 Å². The first-order valence-electron chi connectivity index (χ1n) is 22.2. The first-order chi connectivity index (χ1) is 22.2. The van der Waals surface area contributed by atoms with Crippen LogP contribution in [0.25, 0.3) is 0 Å². The van der Waals surface area contributed by atoms with Crippen molar-refractivity contribution in [2.75, 3.05) is 0 Å². The molecular weight excluding hydrogens is 540 g/mol. The molecule has 2 atom stereocenters. The molecule has 0 fully saturated rings. The summed E-state index contributed by atoms with van der Waals surface area (Å²) in [6.07, 6.45) is 57.6. The average molecular weight is 633 g/mol. The summed E-state index contributed by atoms with van der Waals surface area (Å²) in [4.78, 5) is 0. The highest BCUT2D eigenvalue weighted by molar-refractivity contribution is 4.61. The van der Waals surface area contributed by atoms with Crippen molar-refractivity contribution in [2.45, 2.75) is 278 Å². The van der Waals surface area contributed by atoms with Crippen molar-refractivity contribution >= 4 is 0 Å². The topological polar surface area (TPSA) is 0 Å². The van der Waals surface area contributed by atoms with Crippen molar-refractivity contribution in [3.8, 4) is 0 Å². The Morgan fingerprint density at radius 3 is 0.556 bits per heavy atom. The third-order valence-electron chi connectivity index (χ3n) is 10.9. The van der Waals surface area contributed by atoms with Crippen molar-refractivity contribution in [2.24, 2.45) is 11.8 Å². The van der Waals surface area contributed by atoms with E-state index in [2.05, 4.69) is 27.7 Å². The van der Waals surface area contributed by atoms with E-state index in [0.29, 0.717) is 0 Å². The van der Waals surface area contributed by atoms with Crippen LogP contribution in [0.3, 0.4) is 0 Å². The Hall–Kier alpha value is 0. The van der Waals surface area contributed by atoms with Crippen LogP contribution in [0.1, 0.15) is 278 Å². The predicted molar refractivity (Wildman–Crippen MR) is 210 cm³/mol. The van der Waals surface area contributed by atoms with E-state index >= 15 is 0 Å². The zero-order valence-corrected chi connectivity index (χ0v) is 32.7. The molecule has 0 rings (SSSR count). The third-order valence-corrected chi connectivity index (χ3v) is 10.9.